The zero-order chi connectivity index (χ0) is 10.9. The van der Waals surface area contributed by atoms with E-state index in [0.29, 0.717) is 4.83 Å². The van der Waals surface area contributed by atoms with Crippen molar-refractivity contribution in [3.05, 3.63) is 20.3 Å². The summed E-state index contributed by atoms with van der Waals surface area (Å²) in [5.74, 6) is 0. The fraction of sp³-hybridized carbons (Fsp3) is 0.600. The van der Waals surface area contributed by atoms with Gasteiger partial charge in [0.05, 0.1) is 8.67 Å². The highest BCUT2D eigenvalue weighted by Gasteiger charge is 2.21. The molecule has 1 atom stereocenters. The highest BCUT2D eigenvalue weighted by atomic mass is 79.9. The Morgan fingerprint density at radius 1 is 1.43 bits per heavy atom. The van der Waals surface area contributed by atoms with Gasteiger partial charge < -0.3 is 0 Å². The van der Waals surface area contributed by atoms with Crippen molar-refractivity contribution < 1.29 is 0 Å². The van der Waals surface area contributed by atoms with Crippen LogP contribution in [-0.2, 0) is 0 Å². The summed E-state index contributed by atoms with van der Waals surface area (Å²) in [5, 5.41) is 0. The summed E-state index contributed by atoms with van der Waals surface area (Å²) in [4.78, 5) is 0.291. The number of hydrogen-bond donors (Lipinski definition) is 0. The summed E-state index contributed by atoms with van der Waals surface area (Å²) < 4.78 is 1.55. The number of thiophene rings is 1. The van der Waals surface area contributed by atoms with Gasteiger partial charge in [-0.2, -0.15) is 0 Å². The van der Waals surface area contributed by atoms with Gasteiger partial charge in [-0.1, -0.05) is 59.9 Å². The SMILES string of the molecule is CC(C)(C)CC(Br)c1cc(Cl)sc1Cl. The van der Waals surface area contributed by atoms with Crippen molar-refractivity contribution in [1.82, 2.24) is 0 Å². The molecular formula is C10H13BrCl2S. The number of halogens is 3. The molecule has 1 aromatic rings. The molecule has 0 bridgehead atoms. The van der Waals surface area contributed by atoms with Crippen molar-refractivity contribution in [2.75, 3.05) is 0 Å². The molecular weight excluding hydrogens is 303 g/mol. The lowest BCUT2D eigenvalue weighted by atomic mass is 9.89. The molecule has 14 heavy (non-hydrogen) atoms. The highest BCUT2D eigenvalue weighted by Crippen LogP contribution is 2.43. The van der Waals surface area contributed by atoms with Crippen LogP contribution in [0.25, 0.3) is 0 Å². The maximum absolute atomic E-state index is 6.07. The summed E-state index contributed by atoms with van der Waals surface area (Å²) >= 11 is 17.0. The first kappa shape index (κ1) is 12.8. The first-order chi connectivity index (χ1) is 6.29. The second-order valence-electron chi connectivity index (χ2n) is 4.51. The number of alkyl halides is 1. The van der Waals surface area contributed by atoms with Crippen LogP contribution >= 0.6 is 50.5 Å². The molecule has 0 N–H and O–H groups in total. The minimum Gasteiger partial charge on any atom is -0.111 e. The van der Waals surface area contributed by atoms with Crippen LogP contribution in [0.5, 0.6) is 0 Å². The molecule has 0 fully saturated rings. The van der Waals surface area contributed by atoms with Gasteiger partial charge >= 0.3 is 0 Å². The Balaban J connectivity index is 2.79. The molecule has 0 spiro atoms. The van der Waals surface area contributed by atoms with Crippen molar-refractivity contribution in [2.45, 2.75) is 32.0 Å². The van der Waals surface area contributed by atoms with Gasteiger partial charge in [0.25, 0.3) is 0 Å². The number of hydrogen-bond acceptors (Lipinski definition) is 1. The Labute approximate surface area is 108 Å². The molecule has 1 aromatic heterocycles. The Morgan fingerprint density at radius 2 is 2.00 bits per heavy atom. The van der Waals surface area contributed by atoms with E-state index in [4.69, 9.17) is 23.2 Å². The first-order valence-corrected chi connectivity index (χ1v) is 6.87. The van der Waals surface area contributed by atoms with Crippen molar-refractivity contribution in [2.24, 2.45) is 5.41 Å². The molecule has 0 radical (unpaired) electrons. The lowest BCUT2D eigenvalue weighted by molar-refractivity contribution is 0.377. The van der Waals surface area contributed by atoms with Crippen molar-refractivity contribution >= 4 is 50.5 Å². The largest absolute Gasteiger partial charge is 0.111 e. The molecule has 0 aliphatic heterocycles. The van der Waals surface area contributed by atoms with Gasteiger partial charge in [0.2, 0.25) is 0 Å². The van der Waals surface area contributed by atoms with Crippen LogP contribution in [0.15, 0.2) is 6.07 Å². The van der Waals surface area contributed by atoms with Gasteiger partial charge in [-0.25, -0.2) is 0 Å². The smallest absolute Gasteiger partial charge is 0.0987 e. The van der Waals surface area contributed by atoms with Crippen LogP contribution in [0.4, 0.5) is 0 Å². The van der Waals surface area contributed by atoms with Gasteiger partial charge in [-0.05, 0) is 23.5 Å². The third-order valence-electron chi connectivity index (χ3n) is 1.81. The molecule has 4 heteroatoms. The van der Waals surface area contributed by atoms with Gasteiger partial charge in [-0.3, -0.25) is 0 Å². The van der Waals surface area contributed by atoms with E-state index in [0.717, 1.165) is 20.7 Å². The van der Waals surface area contributed by atoms with Crippen LogP contribution in [0.1, 0.15) is 37.6 Å². The summed E-state index contributed by atoms with van der Waals surface area (Å²) in [6.07, 6.45) is 1.04. The topological polar surface area (TPSA) is 0 Å². The van der Waals surface area contributed by atoms with E-state index < -0.39 is 0 Å². The summed E-state index contributed by atoms with van der Waals surface area (Å²) in [5.41, 5.74) is 1.39. The second-order valence-corrected chi connectivity index (χ2v) is 7.90. The van der Waals surface area contributed by atoms with E-state index in [1.807, 2.05) is 6.07 Å². The van der Waals surface area contributed by atoms with Gasteiger partial charge in [0, 0.05) is 4.83 Å². The monoisotopic (exact) mass is 314 g/mol. The maximum Gasteiger partial charge on any atom is 0.0987 e. The van der Waals surface area contributed by atoms with Crippen molar-refractivity contribution in [1.29, 1.82) is 0 Å². The normalized spacial score (nSPS) is 14.4. The third kappa shape index (κ3) is 3.73. The maximum atomic E-state index is 6.07. The van der Waals surface area contributed by atoms with E-state index in [9.17, 15) is 0 Å². The van der Waals surface area contributed by atoms with E-state index in [-0.39, 0.29) is 5.41 Å². The summed E-state index contributed by atoms with van der Waals surface area (Å²) in [6.45, 7) is 6.63. The third-order valence-corrected chi connectivity index (χ3v) is 4.15. The molecule has 80 valence electrons. The molecule has 0 aromatic carbocycles. The molecule has 1 unspecified atom stereocenters. The molecule has 0 aliphatic rings. The van der Waals surface area contributed by atoms with Crippen molar-refractivity contribution in [3.63, 3.8) is 0 Å². The van der Waals surface area contributed by atoms with E-state index in [1.165, 1.54) is 11.3 Å². The molecule has 1 rings (SSSR count). The van der Waals surface area contributed by atoms with Gasteiger partial charge in [0.1, 0.15) is 0 Å². The Hall–Kier alpha value is 0.760. The van der Waals surface area contributed by atoms with Crippen LogP contribution < -0.4 is 0 Å². The van der Waals surface area contributed by atoms with Crippen LogP contribution in [-0.4, -0.2) is 0 Å². The molecule has 0 aliphatic carbocycles. The fourth-order valence-electron chi connectivity index (χ4n) is 1.21. The second kappa shape index (κ2) is 4.73. The molecule has 1 heterocycles. The number of rotatable bonds is 2. The minimum atomic E-state index is 0.284. The average Bonchev–Trinajstić information content (AvgIpc) is 2.26. The summed E-state index contributed by atoms with van der Waals surface area (Å²) in [7, 11) is 0. The summed E-state index contributed by atoms with van der Waals surface area (Å²) in [6, 6.07) is 1.94. The standard InChI is InChI=1S/C10H13BrCl2S/c1-10(2,3)5-7(11)6-4-8(12)14-9(6)13/h4,7H,5H2,1-3H3. The molecule has 0 nitrogen and oxygen atoms in total. The fourth-order valence-corrected chi connectivity index (χ4v) is 4.41. The molecule has 0 amide bonds. The Kier molecular flexibility index (Phi) is 4.34. The quantitative estimate of drug-likeness (QED) is 0.593. The van der Waals surface area contributed by atoms with E-state index >= 15 is 0 Å². The van der Waals surface area contributed by atoms with E-state index in [1.54, 1.807) is 0 Å². The van der Waals surface area contributed by atoms with Crippen LogP contribution in [0, 0.1) is 5.41 Å². The molecule has 0 saturated carbocycles. The zero-order valence-electron chi connectivity index (χ0n) is 8.40. The lowest BCUT2D eigenvalue weighted by Gasteiger charge is -2.21. The van der Waals surface area contributed by atoms with Crippen LogP contribution in [0.2, 0.25) is 8.67 Å². The van der Waals surface area contributed by atoms with Gasteiger partial charge in [-0.15, -0.1) is 11.3 Å². The van der Waals surface area contributed by atoms with E-state index in [2.05, 4.69) is 36.7 Å². The first-order valence-electron chi connectivity index (χ1n) is 4.38. The predicted octanol–water partition coefficient (Wildman–Crippen LogP) is 5.93. The highest BCUT2D eigenvalue weighted by molar-refractivity contribution is 9.09. The lowest BCUT2D eigenvalue weighted by Crippen LogP contribution is -2.07. The zero-order valence-corrected chi connectivity index (χ0v) is 12.3. The van der Waals surface area contributed by atoms with Gasteiger partial charge in [0.15, 0.2) is 0 Å². The van der Waals surface area contributed by atoms with Crippen LogP contribution in [0.3, 0.4) is 0 Å². The minimum absolute atomic E-state index is 0.284. The predicted molar refractivity (Wildman–Crippen MR) is 70.1 cm³/mol. The molecule has 0 saturated heterocycles. The Morgan fingerprint density at radius 3 is 2.36 bits per heavy atom. The van der Waals surface area contributed by atoms with Crippen molar-refractivity contribution in [3.8, 4) is 0 Å². The average molecular weight is 316 g/mol. The Bertz CT molecular complexity index is 314.